The van der Waals surface area contributed by atoms with E-state index in [1.165, 1.54) is 6.92 Å². The third-order valence-corrected chi connectivity index (χ3v) is 2.82. The maximum absolute atomic E-state index is 11.0. The largest absolute Gasteiger partial charge is 0.508 e. The van der Waals surface area contributed by atoms with Crippen molar-refractivity contribution in [2.75, 3.05) is 0 Å². The standard InChI is InChI=1S/C12H15NO2/c1-8(14)13-12-4-2-3-9-7-10(15)5-6-11(9)12/h5-7,12,15H,2-4H2,1H3,(H,13,14). The molecule has 0 bridgehead atoms. The summed E-state index contributed by atoms with van der Waals surface area (Å²) in [6.07, 6.45) is 3.03. The maximum atomic E-state index is 11.0. The number of rotatable bonds is 1. The van der Waals surface area contributed by atoms with Gasteiger partial charge in [-0.25, -0.2) is 0 Å². The molecule has 2 N–H and O–H groups in total. The number of aromatic hydroxyl groups is 1. The molecule has 1 aliphatic carbocycles. The first-order valence-corrected chi connectivity index (χ1v) is 5.25. The zero-order chi connectivity index (χ0) is 10.8. The van der Waals surface area contributed by atoms with Crippen LogP contribution >= 0.6 is 0 Å². The van der Waals surface area contributed by atoms with E-state index in [0.717, 1.165) is 30.4 Å². The van der Waals surface area contributed by atoms with Crippen molar-refractivity contribution in [2.45, 2.75) is 32.2 Å². The summed E-state index contributed by atoms with van der Waals surface area (Å²) in [6, 6.07) is 5.50. The quantitative estimate of drug-likeness (QED) is 0.735. The Labute approximate surface area is 89.1 Å². The van der Waals surface area contributed by atoms with E-state index in [1.54, 1.807) is 12.1 Å². The van der Waals surface area contributed by atoms with Crippen molar-refractivity contribution in [3.63, 3.8) is 0 Å². The van der Waals surface area contributed by atoms with Gasteiger partial charge in [0.05, 0.1) is 6.04 Å². The zero-order valence-electron chi connectivity index (χ0n) is 8.79. The van der Waals surface area contributed by atoms with Gasteiger partial charge in [-0.2, -0.15) is 0 Å². The molecule has 0 fully saturated rings. The lowest BCUT2D eigenvalue weighted by Crippen LogP contribution is -2.28. The number of benzene rings is 1. The monoisotopic (exact) mass is 205 g/mol. The highest BCUT2D eigenvalue weighted by Crippen LogP contribution is 2.31. The Balaban J connectivity index is 2.30. The van der Waals surface area contributed by atoms with Gasteiger partial charge >= 0.3 is 0 Å². The van der Waals surface area contributed by atoms with Crippen LogP contribution in [0.15, 0.2) is 18.2 Å². The van der Waals surface area contributed by atoms with Crippen LogP contribution in [0.1, 0.15) is 36.9 Å². The van der Waals surface area contributed by atoms with E-state index in [-0.39, 0.29) is 11.9 Å². The summed E-state index contributed by atoms with van der Waals surface area (Å²) in [6.45, 7) is 1.54. The highest BCUT2D eigenvalue weighted by Gasteiger charge is 2.20. The van der Waals surface area contributed by atoms with Gasteiger partial charge in [0.25, 0.3) is 0 Å². The first kappa shape index (κ1) is 10.0. The lowest BCUT2D eigenvalue weighted by molar-refractivity contribution is -0.119. The number of carbonyl (C=O) groups excluding carboxylic acids is 1. The van der Waals surface area contributed by atoms with E-state index in [9.17, 15) is 9.90 Å². The number of carbonyl (C=O) groups is 1. The highest BCUT2D eigenvalue weighted by molar-refractivity contribution is 5.73. The summed E-state index contributed by atoms with van der Waals surface area (Å²) in [5, 5.41) is 12.3. The fourth-order valence-corrected chi connectivity index (χ4v) is 2.20. The van der Waals surface area contributed by atoms with Crippen LogP contribution < -0.4 is 5.32 Å². The summed E-state index contributed by atoms with van der Waals surface area (Å²) in [5.41, 5.74) is 2.30. The minimum absolute atomic E-state index is 0.000856. The van der Waals surface area contributed by atoms with E-state index in [0.29, 0.717) is 5.75 Å². The Hall–Kier alpha value is -1.51. The lowest BCUT2D eigenvalue weighted by atomic mass is 9.87. The Morgan fingerprint density at radius 1 is 1.53 bits per heavy atom. The van der Waals surface area contributed by atoms with Crippen LogP contribution in [-0.2, 0) is 11.2 Å². The minimum atomic E-state index is 0.000856. The highest BCUT2D eigenvalue weighted by atomic mass is 16.3. The molecule has 1 atom stereocenters. The van der Waals surface area contributed by atoms with E-state index in [2.05, 4.69) is 5.32 Å². The van der Waals surface area contributed by atoms with E-state index in [1.807, 2.05) is 6.07 Å². The van der Waals surface area contributed by atoms with Gasteiger partial charge in [0, 0.05) is 6.92 Å². The van der Waals surface area contributed by atoms with Gasteiger partial charge < -0.3 is 10.4 Å². The molecule has 1 unspecified atom stereocenters. The number of aryl methyl sites for hydroxylation is 1. The van der Waals surface area contributed by atoms with Crippen molar-refractivity contribution < 1.29 is 9.90 Å². The molecule has 0 saturated carbocycles. The van der Waals surface area contributed by atoms with Gasteiger partial charge in [-0.3, -0.25) is 4.79 Å². The number of phenolic OH excluding ortho intramolecular Hbond substituents is 1. The average Bonchev–Trinajstić information content (AvgIpc) is 2.16. The number of hydrogen-bond donors (Lipinski definition) is 2. The predicted octanol–water partition coefficient (Wildman–Crippen LogP) is 1.91. The molecular weight excluding hydrogens is 190 g/mol. The van der Waals surface area contributed by atoms with Crippen molar-refractivity contribution in [1.82, 2.24) is 5.32 Å². The summed E-state index contributed by atoms with van der Waals surface area (Å²) in [7, 11) is 0. The van der Waals surface area contributed by atoms with Crippen LogP contribution in [0.25, 0.3) is 0 Å². The lowest BCUT2D eigenvalue weighted by Gasteiger charge is -2.26. The molecule has 0 aromatic heterocycles. The van der Waals surface area contributed by atoms with Crippen LogP contribution in [0.2, 0.25) is 0 Å². The van der Waals surface area contributed by atoms with Gasteiger partial charge in [0.2, 0.25) is 5.91 Å². The molecule has 1 aliphatic rings. The van der Waals surface area contributed by atoms with Crippen LogP contribution in [-0.4, -0.2) is 11.0 Å². The molecule has 1 aromatic rings. The zero-order valence-corrected chi connectivity index (χ0v) is 8.79. The van der Waals surface area contributed by atoms with E-state index >= 15 is 0 Å². The molecule has 80 valence electrons. The fraction of sp³-hybridized carbons (Fsp3) is 0.417. The number of nitrogens with one attached hydrogen (secondary N) is 1. The minimum Gasteiger partial charge on any atom is -0.508 e. The smallest absolute Gasteiger partial charge is 0.217 e. The fourth-order valence-electron chi connectivity index (χ4n) is 2.20. The van der Waals surface area contributed by atoms with Gasteiger partial charge in [-0.05, 0) is 42.5 Å². The van der Waals surface area contributed by atoms with Crippen molar-refractivity contribution in [2.24, 2.45) is 0 Å². The molecule has 0 radical (unpaired) electrons. The number of phenols is 1. The average molecular weight is 205 g/mol. The number of amides is 1. The maximum Gasteiger partial charge on any atom is 0.217 e. The third-order valence-electron chi connectivity index (χ3n) is 2.82. The number of hydrogen-bond acceptors (Lipinski definition) is 2. The Morgan fingerprint density at radius 2 is 2.33 bits per heavy atom. The summed E-state index contributed by atoms with van der Waals surface area (Å²) < 4.78 is 0. The van der Waals surface area contributed by atoms with Crippen LogP contribution in [0.5, 0.6) is 5.75 Å². The second-order valence-corrected chi connectivity index (χ2v) is 4.03. The Morgan fingerprint density at radius 3 is 3.07 bits per heavy atom. The molecule has 1 aromatic carbocycles. The molecular formula is C12H15NO2. The van der Waals surface area contributed by atoms with Crippen LogP contribution in [0.4, 0.5) is 0 Å². The molecule has 1 amide bonds. The third kappa shape index (κ3) is 2.12. The van der Waals surface area contributed by atoms with E-state index < -0.39 is 0 Å². The van der Waals surface area contributed by atoms with E-state index in [4.69, 9.17) is 0 Å². The normalized spacial score (nSPS) is 19.4. The number of fused-ring (bicyclic) bond motifs is 1. The summed E-state index contributed by atoms with van der Waals surface area (Å²) in [5.74, 6) is 0.304. The molecule has 3 nitrogen and oxygen atoms in total. The van der Waals surface area contributed by atoms with Crippen LogP contribution in [0, 0.1) is 0 Å². The molecule has 15 heavy (non-hydrogen) atoms. The van der Waals surface area contributed by atoms with Gasteiger partial charge in [-0.15, -0.1) is 0 Å². The van der Waals surface area contributed by atoms with Gasteiger partial charge in [0.1, 0.15) is 5.75 Å². The van der Waals surface area contributed by atoms with Crippen molar-refractivity contribution in [3.05, 3.63) is 29.3 Å². The first-order chi connectivity index (χ1) is 7.16. The van der Waals surface area contributed by atoms with Crippen molar-refractivity contribution in [3.8, 4) is 5.75 Å². The Kier molecular flexibility index (Phi) is 2.62. The van der Waals surface area contributed by atoms with Crippen molar-refractivity contribution in [1.29, 1.82) is 0 Å². The van der Waals surface area contributed by atoms with Gasteiger partial charge in [-0.1, -0.05) is 6.07 Å². The predicted molar refractivity (Wildman–Crippen MR) is 57.6 cm³/mol. The first-order valence-electron chi connectivity index (χ1n) is 5.25. The Bertz CT molecular complexity index is 387. The summed E-state index contributed by atoms with van der Waals surface area (Å²) >= 11 is 0. The summed E-state index contributed by atoms with van der Waals surface area (Å²) in [4.78, 5) is 11.0. The molecule has 2 rings (SSSR count). The molecule has 0 saturated heterocycles. The molecule has 0 spiro atoms. The molecule has 0 heterocycles. The second-order valence-electron chi connectivity index (χ2n) is 4.03. The van der Waals surface area contributed by atoms with Crippen molar-refractivity contribution >= 4 is 5.91 Å². The molecule has 3 heteroatoms. The second kappa shape index (κ2) is 3.93. The van der Waals surface area contributed by atoms with Gasteiger partial charge in [0.15, 0.2) is 0 Å². The van der Waals surface area contributed by atoms with Crippen LogP contribution in [0.3, 0.4) is 0 Å². The molecule has 0 aliphatic heterocycles. The SMILES string of the molecule is CC(=O)NC1CCCc2cc(O)ccc21. The topological polar surface area (TPSA) is 49.3 Å².